The van der Waals surface area contributed by atoms with Gasteiger partial charge in [-0.25, -0.2) is 4.39 Å². The number of nitrogens with zero attached hydrogens (tertiary/aromatic N) is 3. The summed E-state index contributed by atoms with van der Waals surface area (Å²) in [4.78, 5) is 11.5. The van der Waals surface area contributed by atoms with Crippen LogP contribution in [0.25, 0.3) is 32.8 Å². The molecule has 2 atom stereocenters. The molecule has 0 aliphatic carbocycles. The number of phenolic OH excluding ortho intramolecular Hbond substituents is 1. The molecule has 0 radical (unpaired) electrons. The molecule has 3 heterocycles. The highest BCUT2D eigenvalue weighted by atomic mass is 19.1. The van der Waals surface area contributed by atoms with Crippen LogP contribution in [0.3, 0.4) is 0 Å². The number of halogens is 1. The monoisotopic (exact) mass is 502 g/mol. The summed E-state index contributed by atoms with van der Waals surface area (Å²) in [6.45, 7) is 5.64. The first kappa shape index (κ1) is 23.9. The van der Waals surface area contributed by atoms with E-state index >= 15 is 4.39 Å². The van der Waals surface area contributed by atoms with E-state index in [2.05, 4.69) is 15.2 Å². The molecule has 2 unspecified atom stereocenters. The van der Waals surface area contributed by atoms with Crippen LogP contribution in [0, 0.1) is 5.82 Å². The summed E-state index contributed by atoms with van der Waals surface area (Å²) in [6.07, 6.45) is 2.25. The van der Waals surface area contributed by atoms with E-state index in [1.165, 1.54) is 0 Å². The zero-order valence-corrected chi connectivity index (χ0v) is 21.3. The lowest BCUT2D eigenvalue weighted by molar-refractivity contribution is -0.0169. The Balaban J connectivity index is 1.51. The van der Waals surface area contributed by atoms with Gasteiger partial charge in [-0.2, -0.15) is 9.97 Å². The van der Waals surface area contributed by atoms with Crippen molar-refractivity contribution in [3.05, 3.63) is 54.3 Å². The number of hydrogen-bond donors (Lipinski definition) is 2. The van der Waals surface area contributed by atoms with E-state index in [9.17, 15) is 5.11 Å². The minimum absolute atomic E-state index is 0.0821. The lowest BCUT2D eigenvalue weighted by Gasteiger charge is -2.34. The molecule has 2 fully saturated rings. The number of anilines is 1. The summed E-state index contributed by atoms with van der Waals surface area (Å²) in [5.41, 5.74) is 0.630. The third-order valence-corrected chi connectivity index (χ3v) is 7.52. The van der Waals surface area contributed by atoms with E-state index < -0.39 is 11.4 Å². The second-order valence-corrected chi connectivity index (χ2v) is 10.7. The number of methoxy groups -OCH3 is 1. The van der Waals surface area contributed by atoms with Gasteiger partial charge in [0, 0.05) is 43.2 Å². The fraction of sp³-hybridized carbons (Fsp3) is 0.379. The van der Waals surface area contributed by atoms with E-state index in [0.29, 0.717) is 34.4 Å². The highest BCUT2D eigenvalue weighted by Gasteiger charge is 2.34. The summed E-state index contributed by atoms with van der Waals surface area (Å²) in [6, 6.07) is 15.5. The predicted molar refractivity (Wildman–Crippen MR) is 143 cm³/mol. The number of aromatic hydroxyl groups is 1. The van der Waals surface area contributed by atoms with E-state index in [4.69, 9.17) is 14.5 Å². The normalized spacial score (nSPS) is 19.6. The molecule has 1 aromatic heterocycles. The molecule has 4 aromatic rings. The molecule has 0 amide bonds. The Morgan fingerprint density at radius 2 is 1.78 bits per heavy atom. The van der Waals surface area contributed by atoms with Crippen LogP contribution >= 0.6 is 0 Å². The van der Waals surface area contributed by atoms with Gasteiger partial charge in [0.15, 0.2) is 5.82 Å². The van der Waals surface area contributed by atoms with Gasteiger partial charge in [0.2, 0.25) is 0 Å². The third kappa shape index (κ3) is 4.45. The summed E-state index contributed by atoms with van der Waals surface area (Å²) in [7, 11) is 1.62. The van der Waals surface area contributed by atoms with Crippen LogP contribution < -0.4 is 15.0 Å². The Morgan fingerprint density at radius 1 is 1.03 bits per heavy atom. The molecule has 3 aromatic carbocycles. The van der Waals surface area contributed by atoms with Crippen LogP contribution in [-0.4, -0.2) is 59.6 Å². The smallest absolute Gasteiger partial charge is 0.319 e. The molecule has 6 rings (SSSR count). The Kier molecular flexibility index (Phi) is 5.88. The van der Waals surface area contributed by atoms with Gasteiger partial charge in [-0.3, -0.25) is 0 Å². The van der Waals surface area contributed by atoms with Gasteiger partial charge in [-0.15, -0.1) is 0 Å². The molecule has 7 nitrogen and oxygen atoms in total. The molecule has 2 N–H and O–H groups in total. The van der Waals surface area contributed by atoms with Gasteiger partial charge in [-0.05, 0) is 61.2 Å². The molecule has 2 saturated heterocycles. The molecule has 0 saturated carbocycles. The average Bonchev–Trinajstić information content (AvgIpc) is 3.24. The minimum atomic E-state index is -0.548. The van der Waals surface area contributed by atoms with E-state index in [1.807, 2.05) is 44.2 Å². The van der Waals surface area contributed by atoms with Crippen molar-refractivity contribution in [1.82, 2.24) is 15.3 Å². The van der Waals surface area contributed by atoms with Gasteiger partial charge in [0.05, 0.1) is 5.60 Å². The van der Waals surface area contributed by atoms with Crippen molar-refractivity contribution >= 4 is 27.5 Å². The summed E-state index contributed by atoms with van der Waals surface area (Å²) >= 11 is 0. The topological polar surface area (TPSA) is 79.7 Å². The molecule has 2 aliphatic rings. The predicted octanol–water partition coefficient (Wildman–Crippen LogP) is 5.04. The van der Waals surface area contributed by atoms with Crippen LogP contribution in [0.5, 0.6) is 11.8 Å². The van der Waals surface area contributed by atoms with Crippen LogP contribution in [0.1, 0.15) is 26.7 Å². The molecule has 192 valence electrons. The SMILES string of the molecule is COC(C)(C)COc1nc(N2CC3CCC(C2)N3)c2ccc(-c3cc(O)cc4ccccc34)c(F)c2n1. The minimum Gasteiger partial charge on any atom is -0.508 e. The van der Waals surface area contributed by atoms with Crippen molar-refractivity contribution in [1.29, 1.82) is 0 Å². The number of fused-ring (bicyclic) bond motifs is 4. The van der Waals surface area contributed by atoms with Crippen LogP contribution in [0.15, 0.2) is 48.5 Å². The third-order valence-electron chi connectivity index (χ3n) is 7.52. The first-order valence-electron chi connectivity index (χ1n) is 12.7. The van der Waals surface area contributed by atoms with Crippen molar-refractivity contribution in [2.24, 2.45) is 0 Å². The van der Waals surface area contributed by atoms with Gasteiger partial charge in [0.1, 0.15) is 23.7 Å². The van der Waals surface area contributed by atoms with Gasteiger partial charge >= 0.3 is 6.01 Å². The van der Waals surface area contributed by atoms with Crippen LogP contribution in [0.4, 0.5) is 10.2 Å². The van der Waals surface area contributed by atoms with Crippen molar-refractivity contribution in [3.8, 4) is 22.9 Å². The van der Waals surface area contributed by atoms with Crippen molar-refractivity contribution < 1.29 is 19.0 Å². The van der Waals surface area contributed by atoms with Crippen molar-refractivity contribution in [2.45, 2.75) is 44.4 Å². The maximum Gasteiger partial charge on any atom is 0.319 e. The van der Waals surface area contributed by atoms with Crippen molar-refractivity contribution in [3.63, 3.8) is 0 Å². The second-order valence-electron chi connectivity index (χ2n) is 10.7. The van der Waals surface area contributed by atoms with Gasteiger partial charge < -0.3 is 24.8 Å². The fourth-order valence-electron chi connectivity index (χ4n) is 5.42. The number of nitrogens with one attached hydrogen (secondary N) is 1. The van der Waals surface area contributed by atoms with E-state index in [0.717, 1.165) is 36.7 Å². The molecular weight excluding hydrogens is 471 g/mol. The molecule has 0 spiro atoms. The molecule has 8 heteroatoms. The largest absolute Gasteiger partial charge is 0.508 e. The van der Waals surface area contributed by atoms with E-state index in [1.54, 1.807) is 25.3 Å². The standard InChI is InChI=1S/C29H31FN4O3/c1-29(2,36-3)16-37-28-32-26-23(27(33-28)34-14-18-8-9-19(15-34)31-18)11-10-22(25(26)30)24-13-20(35)12-17-6-4-5-7-21(17)24/h4-7,10-13,18-19,31,35H,8-9,14-16H2,1-3H3. The summed E-state index contributed by atoms with van der Waals surface area (Å²) in [5.74, 6) is 0.296. The Bertz CT molecular complexity index is 1480. The van der Waals surface area contributed by atoms with Crippen molar-refractivity contribution in [2.75, 3.05) is 31.7 Å². The number of benzene rings is 3. The maximum absolute atomic E-state index is 16.4. The van der Waals surface area contributed by atoms with Crippen LogP contribution in [0.2, 0.25) is 0 Å². The quantitative estimate of drug-likeness (QED) is 0.382. The maximum atomic E-state index is 16.4. The van der Waals surface area contributed by atoms with E-state index in [-0.39, 0.29) is 23.9 Å². The van der Waals surface area contributed by atoms with Gasteiger partial charge in [-0.1, -0.05) is 30.3 Å². The highest BCUT2D eigenvalue weighted by Crippen LogP contribution is 2.39. The highest BCUT2D eigenvalue weighted by molar-refractivity contribution is 6.01. The Hall–Kier alpha value is -3.49. The zero-order chi connectivity index (χ0) is 25.7. The Labute approximate surface area is 215 Å². The molecular formula is C29H31FN4O3. The number of hydrogen-bond acceptors (Lipinski definition) is 7. The summed E-state index contributed by atoms with van der Waals surface area (Å²) in [5, 5.41) is 16.3. The zero-order valence-electron chi connectivity index (χ0n) is 21.3. The Morgan fingerprint density at radius 3 is 2.54 bits per heavy atom. The lowest BCUT2D eigenvalue weighted by Crippen LogP contribution is -2.51. The molecule has 37 heavy (non-hydrogen) atoms. The number of aromatic nitrogens is 2. The number of rotatable bonds is 6. The second kappa shape index (κ2) is 9.11. The molecule has 2 aliphatic heterocycles. The first-order valence-corrected chi connectivity index (χ1v) is 12.7. The summed E-state index contributed by atoms with van der Waals surface area (Å²) < 4.78 is 27.8. The number of phenols is 1. The number of piperazine rings is 1. The first-order chi connectivity index (χ1) is 17.8. The lowest BCUT2D eigenvalue weighted by atomic mass is 9.96. The average molecular weight is 503 g/mol. The number of ether oxygens (including phenoxy) is 2. The molecule has 2 bridgehead atoms. The van der Waals surface area contributed by atoms with Gasteiger partial charge in [0.25, 0.3) is 0 Å². The fourth-order valence-corrected chi connectivity index (χ4v) is 5.42. The van der Waals surface area contributed by atoms with Crippen LogP contribution in [-0.2, 0) is 4.74 Å².